The SMILES string of the molecule is CN(C)CCOc1ccccc1N1CCN(C(=O)C2CC2c2cnn(C)c2)CC1. The molecule has 2 atom stereocenters. The summed E-state index contributed by atoms with van der Waals surface area (Å²) < 4.78 is 7.83. The topological polar surface area (TPSA) is 53.8 Å². The number of nitrogens with zero attached hydrogens (tertiary/aromatic N) is 5. The van der Waals surface area contributed by atoms with Crippen molar-refractivity contribution in [1.82, 2.24) is 19.6 Å². The zero-order valence-electron chi connectivity index (χ0n) is 17.6. The third-order valence-electron chi connectivity index (χ3n) is 5.85. The van der Waals surface area contributed by atoms with Crippen molar-refractivity contribution in [1.29, 1.82) is 0 Å². The number of likely N-dealkylation sites (N-methyl/N-ethyl adjacent to an activating group) is 1. The lowest BCUT2D eigenvalue weighted by molar-refractivity contribution is -0.132. The lowest BCUT2D eigenvalue weighted by Gasteiger charge is -2.37. The molecular formula is C22H31N5O2. The van der Waals surface area contributed by atoms with Crippen LogP contribution in [0.5, 0.6) is 5.75 Å². The van der Waals surface area contributed by atoms with Gasteiger partial charge in [-0.3, -0.25) is 9.48 Å². The summed E-state index contributed by atoms with van der Waals surface area (Å²) in [5.74, 6) is 1.70. The molecule has 2 aromatic rings. The van der Waals surface area contributed by atoms with E-state index in [0.29, 0.717) is 18.4 Å². The predicted octanol–water partition coefficient (Wildman–Crippen LogP) is 1.81. The number of para-hydroxylation sites is 2. The van der Waals surface area contributed by atoms with Crippen molar-refractivity contribution in [2.75, 3.05) is 58.3 Å². The van der Waals surface area contributed by atoms with E-state index in [1.54, 1.807) is 0 Å². The van der Waals surface area contributed by atoms with E-state index < -0.39 is 0 Å². The standard InChI is InChI=1S/C22H31N5O2/c1-24(2)12-13-29-21-7-5-4-6-20(21)26-8-10-27(11-9-26)22(28)19-14-18(19)17-15-23-25(3)16-17/h4-7,15-16,18-19H,8-14H2,1-3H3. The molecule has 0 N–H and O–H groups in total. The molecule has 29 heavy (non-hydrogen) atoms. The van der Waals surface area contributed by atoms with Crippen LogP contribution in [0, 0.1) is 5.92 Å². The number of piperazine rings is 1. The third kappa shape index (κ3) is 4.56. The van der Waals surface area contributed by atoms with Gasteiger partial charge in [-0.15, -0.1) is 0 Å². The summed E-state index contributed by atoms with van der Waals surface area (Å²) in [4.78, 5) is 19.4. The number of ether oxygens (including phenoxy) is 1. The minimum absolute atomic E-state index is 0.132. The van der Waals surface area contributed by atoms with Crippen LogP contribution < -0.4 is 9.64 Å². The normalized spacial score (nSPS) is 21.5. The van der Waals surface area contributed by atoms with Gasteiger partial charge >= 0.3 is 0 Å². The summed E-state index contributed by atoms with van der Waals surface area (Å²) in [5.41, 5.74) is 2.31. The summed E-state index contributed by atoms with van der Waals surface area (Å²) in [5, 5.41) is 4.24. The van der Waals surface area contributed by atoms with E-state index in [1.165, 1.54) is 5.56 Å². The maximum Gasteiger partial charge on any atom is 0.226 e. The summed E-state index contributed by atoms with van der Waals surface area (Å²) in [7, 11) is 6.01. The van der Waals surface area contributed by atoms with Gasteiger partial charge in [0.25, 0.3) is 0 Å². The van der Waals surface area contributed by atoms with Gasteiger partial charge in [-0.05, 0) is 44.1 Å². The first-order chi connectivity index (χ1) is 14.0. The largest absolute Gasteiger partial charge is 0.490 e. The molecule has 2 unspecified atom stereocenters. The van der Waals surface area contributed by atoms with E-state index in [-0.39, 0.29) is 5.92 Å². The number of hydrogen-bond donors (Lipinski definition) is 0. The first kappa shape index (κ1) is 19.8. The molecule has 4 rings (SSSR count). The van der Waals surface area contributed by atoms with Gasteiger partial charge in [0.15, 0.2) is 0 Å². The van der Waals surface area contributed by atoms with Crippen LogP contribution in [0.4, 0.5) is 5.69 Å². The number of amides is 1. The molecule has 2 aliphatic rings. The van der Waals surface area contributed by atoms with E-state index in [2.05, 4.69) is 21.0 Å². The van der Waals surface area contributed by atoms with Gasteiger partial charge in [0.1, 0.15) is 12.4 Å². The van der Waals surface area contributed by atoms with E-state index >= 15 is 0 Å². The Bertz CT molecular complexity index is 841. The van der Waals surface area contributed by atoms with Crippen LogP contribution in [0.15, 0.2) is 36.7 Å². The van der Waals surface area contributed by atoms with Gasteiger partial charge in [0.05, 0.1) is 11.9 Å². The average molecular weight is 398 g/mol. The van der Waals surface area contributed by atoms with Crippen molar-refractivity contribution >= 4 is 11.6 Å². The Hall–Kier alpha value is -2.54. The van der Waals surface area contributed by atoms with Crippen molar-refractivity contribution < 1.29 is 9.53 Å². The van der Waals surface area contributed by atoms with Gasteiger partial charge in [-0.1, -0.05) is 12.1 Å². The van der Waals surface area contributed by atoms with Crippen LogP contribution in [0.2, 0.25) is 0 Å². The Morgan fingerprint density at radius 1 is 1.21 bits per heavy atom. The van der Waals surface area contributed by atoms with E-state index in [9.17, 15) is 4.79 Å². The van der Waals surface area contributed by atoms with Crippen molar-refractivity contribution in [3.63, 3.8) is 0 Å². The lowest BCUT2D eigenvalue weighted by Crippen LogP contribution is -2.49. The molecule has 2 fully saturated rings. The minimum Gasteiger partial charge on any atom is -0.490 e. The first-order valence-electron chi connectivity index (χ1n) is 10.4. The third-order valence-corrected chi connectivity index (χ3v) is 5.85. The van der Waals surface area contributed by atoms with Gasteiger partial charge in [0, 0.05) is 51.9 Å². The Morgan fingerprint density at radius 2 is 1.97 bits per heavy atom. The molecule has 1 aliphatic heterocycles. The number of carbonyl (C=O) groups excluding carboxylic acids is 1. The van der Waals surface area contributed by atoms with Crippen LogP contribution in [-0.4, -0.2) is 78.9 Å². The van der Waals surface area contributed by atoms with Crippen LogP contribution in [0.25, 0.3) is 0 Å². The van der Waals surface area contributed by atoms with Gasteiger partial charge in [-0.25, -0.2) is 0 Å². The number of aryl methyl sites for hydroxylation is 1. The average Bonchev–Trinajstić information content (AvgIpc) is 3.41. The van der Waals surface area contributed by atoms with Gasteiger partial charge < -0.3 is 19.4 Å². The lowest BCUT2D eigenvalue weighted by atomic mass is 10.1. The smallest absolute Gasteiger partial charge is 0.226 e. The highest BCUT2D eigenvalue weighted by Crippen LogP contribution is 2.48. The van der Waals surface area contributed by atoms with E-state index in [1.807, 2.05) is 61.3 Å². The summed E-state index contributed by atoms with van der Waals surface area (Å²) in [6.07, 6.45) is 4.87. The first-order valence-corrected chi connectivity index (χ1v) is 10.4. The van der Waals surface area contributed by atoms with Gasteiger partial charge in [0.2, 0.25) is 5.91 Å². The second kappa shape index (κ2) is 8.45. The highest BCUT2D eigenvalue weighted by Gasteiger charge is 2.46. The fraction of sp³-hybridized carbons (Fsp3) is 0.545. The van der Waals surface area contributed by atoms with Crippen LogP contribution >= 0.6 is 0 Å². The summed E-state index contributed by atoms with van der Waals surface area (Å²) in [6.45, 7) is 4.76. The second-order valence-corrected chi connectivity index (χ2v) is 8.33. The molecule has 1 aliphatic carbocycles. The number of aromatic nitrogens is 2. The monoisotopic (exact) mass is 397 g/mol. The van der Waals surface area contributed by atoms with E-state index in [0.717, 1.165) is 50.6 Å². The molecule has 0 spiro atoms. The van der Waals surface area contributed by atoms with Crippen molar-refractivity contribution in [2.24, 2.45) is 13.0 Å². The molecule has 1 saturated heterocycles. The predicted molar refractivity (Wildman–Crippen MR) is 113 cm³/mol. The zero-order chi connectivity index (χ0) is 20.4. The molecule has 0 bridgehead atoms. The molecule has 0 radical (unpaired) electrons. The summed E-state index contributed by atoms with van der Waals surface area (Å²) in [6, 6.07) is 8.21. The molecule has 156 valence electrons. The molecular weight excluding hydrogens is 366 g/mol. The molecule has 7 heteroatoms. The number of benzene rings is 1. The maximum absolute atomic E-state index is 12.9. The Balaban J connectivity index is 1.31. The molecule has 2 heterocycles. The Morgan fingerprint density at radius 3 is 2.66 bits per heavy atom. The fourth-order valence-corrected chi connectivity index (χ4v) is 4.05. The molecule has 1 aromatic carbocycles. The van der Waals surface area contributed by atoms with Crippen LogP contribution in [0.1, 0.15) is 17.9 Å². The van der Waals surface area contributed by atoms with Crippen LogP contribution in [-0.2, 0) is 11.8 Å². The van der Waals surface area contributed by atoms with Crippen molar-refractivity contribution in [3.8, 4) is 5.75 Å². The van der Waals surface area contributed by atoms with Gasteiger partial charge in [-0.2, -0.15) is 5.10 Å². The quantitative estimate of drug-likeness (QED) is 0.713. The molecule has 1 aromatic heterocycles. The number of rotatable bonds is 7. The molecule has 1 saturated carbocycles. The molecule has 7 nitrogen and oxygen atoms in total. The van der Waals surface area contributed by atoms with Crippen molar-refractivity contribution in [3.05, 3.63) is 42.2 Å². The zero-order valence-corrected chi connectivity index (χ0v) is 17.6. The summed E-state index contributed by atoms with van der Waals surface area (Å²) >= 11 is 0. The van der Waals surface area contributed by atoms with Crippen LogP contribution in [0.3, 0.4) is 0 Å². The number of carbonyl (C=O) groups is 1. The molecule has 1 amide bonds. The highest BCUT2D eigenvalue weighted by atomic mass is 16.5. The fourth-order valence-electron chi connectivity index (χ4n) is 4.05. The van der Waals surface area contributed by atoms with E-state index in [4.69, 9.17) is 4.74 Å². The Kier molecular flexibility index (Phi) is 5.76. The second-order valence-electron chi connectivity index (χ2n) is 8.33. The van der Waals surface area contributed by atoms with Crippen molar-refractivity contribution in [2.45, 2.75) is 12.3 Å². The number of hydrogen-bond acceptors (Lipinski definition) is 5. The highest BCUT2D eigenvalue weighted by molar-refractivity contribution is 5.83. The number of anilines is 1. The minimum atomic E-state index is 0.132. The Labute approximate surface area is 172 Å². The maximum atomic E-state index is 12.9.